The lowest BCUT2D eigenvalue weighted by Gasteiger charge is -2.02. The van der Waals surface area contributed by atoms with E-state index in [1.165, 1.54) is 6.39 Å². The first-order chi connectivity index (χ1) is 7.88. The van der Waals surface area contributed by atoms with E-state index in [-0.39, 0.29) is 0 Å². The van der Waals surface area contributed by atoms with Gasteiger partial charge in [0.1, 0.15) is 17.6 Å². The Morgan fingerprint density at radius 1 is 1.44 bits per heavy atom. The van der Waals surface area contributed by atoms with Gasteiger partial charge in [-0.3, -0.25) is 0 Å². The van der Waals surface area contributed by atoms with Crippen molar-refractivity contribution >= 4 is 5.82 Å². The van der Waals surface area contributed by atoms with E-state index in [4.69, 9.17) is 5.26 Å². The van der Waals surface area contributed by atoms with Crippen LogP contribution in [0.25, 0.3) is 0 Å². The Bertz CT molecular complexity index is 488. The van der Waals surface area contributed by atoms with Crippen molar-refractivity contribution in [2.24, 2.45) is 0 Å². The summed E-state index contributed by atoms with van der Waals surface area (Å²) in [4.78, 5) is 7.96. The maximum Gasteiger partial charge on any atom is 0.213 e. The zero-order chi connectivity index (χ0) is 11.2. The van der Waals surface area contributed by atoms with E-state index in [2.05, 4.69) is 25.0 Å². The van der Waals surface area contributed by atoms with Crippen LogP contribution in [0.2, 0.25) is 0 Å². The van der Waals surface area contributed by atoms with E-state index in [1.807, 2.05) is 6.07 Å². The fraction of sp³-hybridized carbons (Fsp3) is 0.200. The molecule has 2 heterocycles. The van der Waals surface area contributed by atoms with Crippen LogP contribution in [0.5, 0.6) is 0 Å². The van der Waals surface area contributed by atoms with Gasteiger partial charge in [-0.2, -0.15) is 10.2 Å². The monoisotopic (exact) mass is 215 g/mol. The van der Waals surface area contributed by atoms with Crippen LogP contribution in [-0.2, 0) is 6.42 Å². The van der Waals surface area contributed by atoms with Crippen molar-refractivity contribution in [3.05, 3.63) is 36.1 Å². The van der Waals surface area contributed by atoms with E-state index >= 15 is 0 Å². The van der Waals surface area contributed by atoms with Gasteiger partial charge in [0.05, 0.1) is 0 Å². The summed E-state index contributed by atoms with van der Waals surface area (Å²) >= 11 is 0. The van der Waals surface area contributed by atoms with Gasteiger partial charge in [-0.1, -0.05) is 11.2 Å². The highest BCUT2D eigenvalue weighted by atomic mass is 16.5. The van der Waals surface area contributed by atoms with Gasteiger partial charge in [0.2, 0.25) is 6.39 Å². The maximum absolute atomic E-state index is 8.67. The molecule has 0 saturated carbocycles. The standard InChI is InChI=1S/C10H9N5O/c11-6-8-2-1-3-9(14-8)12-5-4-10-13-7-16-15-10/h1-3,7H,4-5H2,(H,12,14). The van der Waals surface area contributed by atoms with Crippen LogP contribution in [0.1, 0.15) is 11.5 Å². The molecule has 6 heteroatoms. The van der Waals surface area contributed by atoms with Gasteiger partial charge >= 0.3 is 0 Å². The molecule has 0 aliphatic rings. The van der Waals surface area contributed by atoms with Gasteiger partial charge in [0.25, 0.3) is 0 Å². The second-order valence-corrected chi connectivity index (χ2v) is 3.04. The SMILES string of the molecule is N#Cc1cccc(NCCc2ncon2)n1. The first-order valence-corrected chi connectivity index (χ1v) is 4.75. The van der Waals surface area contributed by atoms with Gasteiger partial charge in [-0.05, 0) is 12.1 Å². The molecule has 2 rings (SSSR count). The lowest BCUT2D eigenvalue weighted by Crippen LogP contribution is -2.07. The molecular weight excluding hydrogens is 206 g/mol. The van der Waals surface area contributed by atoms with E-state index in [1.54, 1.807) is 18.2 Å². The van der Waals surface area contributed by atoms with Gasteiger partial charge in [0, 0.05) is 13.0 Å². The van der Waals surface area contributed by atoms with Crippen LogP contribution in [-0.4, -0.2) is 21.7 Å². The second kappa shape index (κ2) is 4.89. The van der Waals surface area contributed by atoms with E-state index in [9.17, 15) is 0 Å². The molecule has 0 amide bonds. The number of hydrogen-bond acceptors (Lipinski definition) is 6. The summed E-state index contributed by atoms with van der Waals surface area (Å²) in [5, 5.41) is 15.4. The molecule has 0 aliphatic carbocycles. The molecule has 0 aliphatic heterocycles. The molecule has 0 spiro atoms. The third-order valence-corrected chi connectivity index (χ3v) is 1.93. The Morgan fingerprint density at radius 2 is 2.38 bits per heavy atom. The van der Waals surface area contributed by atoms with E-state index in [0.29, 0.717) is 30.3 Å². The minimum atomic E-state index is 0.393. The lowest BCUT2D eigenvalue weighted by atomic mass is 10.3. The number of hydrogen-bond donors (Lipinski definition) is 1. The molecule has 80 valence electrons. The summed E-state index contributed by atoms with van der Waals surface area (Å²) in [5.74, 6) is 1.31. The first-order valence-electron chi connectivity index (χ1n) is 4.75. The Hall–Kier alpha value is -2.42. The smallest absolute Gasteiger partial charge is 0.213 e. The van der Waals surface area contributed by atoms with Crippen LogP contribution < -0.4 is 5.32 Å². The molecule has 2 aromatic heterocycles. The number of nitrogens with one attached hydrogen (secondary N) is 1. The molecule has 0 fully saturated rings. The molecule has 2 aromatic rings. The summed E-state index contributed by atoms with van der Waals surface area (Å²) in [6.07, 6.45) is 1.94. The summed E-state index contributed by atoms with van der Waals surface area (Å²) in [5.41, 5.74) is 0.393. The molecule has 16 heavy (non-hydrogen) atoms. The predicted octanol–water partition coefficient (Wildman–Crippen LogP) is 0.991. The minimum Gasteiger partial charge on any atom is -0.370 e. The summed E-state index contributed by atoms with van der Waals surface area (Å²) in [6, 6.07) is 7.22. The summed E-state index contributed by atoms with van der Waals surface area (Å²) in [6.45, 7) is 0.640. The van der Waals surface area contributed by atoms with Crippen molar-refractivity contribution in [1.82, 2.24) is 15.1 Å². The zero-order valence-corrected chi connectivity index (χ0v) is 8.42. The van der Waals surface area contributed by atoms with Crippen LogP contribution in [0.3, 0.4) is 0 Å². The summed E-state index contributed by atoms with van der Waals surface area (Å²) in [7, 11) is 0. The quantitative estimate of drug-likeness (QED) is 0.818. The van der Waals surface area contributed by atoms with Crippen LogP contribution >= 0.6 is 0 Å². The van der Waals surface area contributed by atoms with Gasteiger partial charge < -0.3 is 9.84 Å². The third kappa shape index (κ3) is 2.54. The Morgan fingerprint density at radius 3 is 3.12 bits per heavy atom. The number of nitrogens with zero attached hydrogens (tertiary/aromatic N) is 4. The maximum atomic E-state index is 8.67. The molecular formula is C10H9N5O. The van der Waals surface area contributed by atoms with E-state index < -0.39 is 0 Å². The molecule has 0 atom stereocenters. The minimum absolute atomic E-state index is 0.393. The predicted molar refractivity (Wildman–Crippen MR) is 55.4 cm³/mol. The second-order valence-electron chi connectivity index (χ2n) is 3.04. The van der Waals surface area contributed by atoms with Crippen LogP contribution in [0, 0.1) is 11.3 Å². The van der Waals surface area contributed by atoms with Crippen molar-refractivity contribution in [3.63, 3.8) is 0 Å². The number of rotatable bonds is 4. The number of anilines is 1. The lowest BCUT2D eigenvalue weighted by molar-refractivity contribution is 0.410. The van der Waals surface area contributed by atoms with Crippen molar-refractivity contribution in [2.45, 2.75) is 6.42 Å². The zero-order valence-electron chi connectivity index (χ0n) is 8.42. The van der Waals surface area contributed by atoms with Gasteiger partial charge in [-0.15, -0.1) is 0 Å². The van der Waals surface area contributed by atoms with Crippen molar-refractivity contribution < 1.29 is 4.52 Å². The molecule has 0 saturated heterocycles. The topological polar surface area (TPSA) is 87.6 Å². The van der Waals surface area contributed by atoms with Crippen LogP contribution in [0.4, 0.5) is 5.82 Å². The van der Waals surface area contributed by atoms with Crippen molar-refractivity contribution in [2.75, 3.05) is 11.9 Å². The van der Waals surface area contributed by atoms with Crippen LogP contribution in [0.15, 0.2) is 29.1 Å². The van der Waals surface area contributed by atoms with E-state index in [0.717, 1.165) is 0 Å². The number of aromatic nitrogens is 3. The normalized spacial score (nSPS) is 9.69. The summed E-state index contributed by atoms with van der Waals surface area (Å²) < 4.78 is 4.61. The molecule has 1 N–H and O–H groups in total. The Kier molecular flexibility index (Phi) is 3.09. The number of pyridine rings is 1. The van der Waals surface area contributed by atoms with Crippen molar-refractivity contribution in [3.8, 4) is 6.07 Å². The fourth-order valence-corrected chi connectivity index (χ4v) is 1.20. The molecule has 0 aromatic carbocycles. The van der Waals surface area contributed by atoms with Gasteiger partial charge in [-0.25, -0.2) is 4.98 Å². The molecule has 0 unspecified atom stereocenters. The fourth-order valence-electron chi connectivity index (χ4n) is 1.20. The highest BCUT2D eigenvalue weighted by Gasteiger charge is 1.99. The molecule has 6 nitrogen and oxygen atoms in total. The largest absolute Gasteiger partial charge is 0.370 e. The third-order valence-electron chi connectivity index (χ3n) is 1.93. The van der Waals surface area contributed by atoms with Crippen molar-refractivity contribution in [1.29, 1.82) is 5.26 Å². The highest BCUT2D eigenvalue weighted by molar-refractivity contribution is 5.38. The Balaban J connectivity index is 1.88. The average molecular weight is 215 g/mol. The number of nitriles is 1. The Labute approximate surface area is 91.9 Å². The molecule has 0 bridgehead atoms. The highest BCUT2D eigenvalue weighted by Crippen LogP contribution is 2.03. The first kappa shape index (κ1) is 10.1. The average Bonchev–Trinajstić information content (AvgIpc) is 2.82. The molecule has 0 radical (unpaired) electrons. The van der Waals surface area contributed by atoms with Gasteiger partial charge in [0.15, 0.2) is 5.82 Å².